The minimum Gasteiger partial charge on any atom is -0.399 e. The molecule has 0 radical (unpaired) electrons. The number of ketones is 1. The first-order chi connectivity index (χ1) is 15.3. The summed E-state index contributed by atoms with van der Waals surface area (Å²) in [6.07, 6.45) is 5.81. The van der Waals surface area contributed by atoms with Crippen LogP contribution in [0.15, 0.2) is 57.8 Å². The molecular formula is C23H29N5O4. The number of aliphatic imine (C=N–C) groups is 1. The Morgan fingerprint density at radius 1 is 1.03 bits per heavy atom. The van der Waals surface area contributed by atoms with Crippen molar-refractivity contribution < 1.29 is 19.2 Å². The third-order valence-electron chi connectivity index (χ3n) is 4.63. The van der Waals surface area contributed by atoms with Gasteiger partial charge in [0, 0.05) is 31.1 Å². The first-order valence-electron chi connectivity index (χ1n) is 10.4. The van der Waals surface area contributed by atoms with E-state index in [4.69, 9.17) is 10.6 Å². The zero-order valence-corrected chi connectivity index (χ0v) is 18.6. The molecule has 32 heavy (non-hydrogen) atoms. The second kappa shape index (κ2) is 12.2. The molecule has 0 bridgehead atoms. The van der Waals surface area contributed by atoms with Crippen molar-refractivity contribution >= 4 is 34.7 Å². The van der Waals surface area contributed by atoms with Crippen LogP contribution in [-0.4, -0.2) is 49.2 Å². The van der Waals surface area contributed by atoms with Crippen LogP contribution in [0.5, 0.6) is 0 Å². The molecule has 2 amide bonds. The number of benzene rings is 1. The lowest BCUT2D eigenvalue weighted by Gasteiger charge is -2.14. The van der Waals surface area contributed by atoms with Crippen LogP contribution in [0.3, 0.4) is 0 Å². The molecule has 0 saturated heterocycles. The Labute approximate surface area is 187 Å². The Morgan fingerprint density at radius 2 is 1.75 bits per heavy atom. The maximum absolute atomic E-state index is 12.5. The van der Waals surface area contributed by atoms with E-state index in [1.807, 2.05) is 0 Å². The van der Waals surface area contributed by atoms with Gasteiger partial charge in [0.2, 0.25) is 5.91 Å². The largest absolute Gasteiger partial charge is 0.399 e. The van der Waals surface area contributed by atoms with Crippen molar-refractivity contribution in [3.05, 3.63) is 53.3 Å². The number of amides is 2. The van der Waals surface area contributed by atoms with Crippen molar-refractivity contribution in [2.24, 2.45) is 15.9 Å². The van der Waals surface area contributed by atoms with E-state index in [1.165, 1.54) is 21.0 Å². The number of carbonyl (C=O) groups is 3. The second-order valence-corrected chi connectivity index (χ2v) is 7.19. The first kappa shape index (κ1) is 24.5. The molecule has 0 atom stereocenters. The van der Waals surface area contributed by atoms with Gasteiger partial charge in [-0.25, -0.2) is 4.99 Å². The molecule has 1 aromatic carbocycles. The van der Waals surface area contributed by atoms with Crippen molar-refractivity contribution in [2.75, 3.05) is 20.2 Å². The van der Waals surface area contributed by atoms with Crippen LogP contribution < -0.4 is 16.4 Å². The lowest BCUT2D eigenvalue weighted by Crippen LogP contribution is -2.27. The molecular weight excluding hydrogens is 410 g/mol. The number of allylic oxidation sites excluding steroid dienone is 4. The zero-order chi connectivity index (χ0) is 23.5. The number of rotatable bonds is 10. The average Bonchev–Trinajstić information content (AvgIpc) is 2.75. The topological polar surface area (TPSA) is 135 Å². The fourth-order valence-corrected chi connectivity index (χ4v) is 3.03. The van der Waals surface area contributed by atoms with Gasteiger partial charge in [-0.05, 0) is 56.5 Å². The van der Waals surface area contributed by atoms with E-state index in [-0.39, 0.29) is 29.0 Å². The van der Waals surface area contributed by atoms with Gasteiger partial charge in [-0.3, -0.25) is 14.4 Å². The Kier molecular flexibility index (Phi) is 9.34. The van der Waals surface area contributed by atoms with E-state index >= 15 is 0 Å². The normalized spacial score (nSPS) is 15.7. The summed E-state index contributed by atoms with van der Waals surface area (Å²) in [7, 11) is 1.38. The van der Waals surface area contributed by atoms with Crippen LogP contribution in [0.25, 0.3) is 0 Å². The highest BCUT2D eigenvalue weighted by molar-refractivity contribution is 6.53. The molecule has 0 saturated carbocycles. The van der Waals surface area contributed by atoms with Gasteiger partial charge < -0.3 is 21.2 Å². The molecule has 170 valence electrons. The van der Waals surface area contributed by atoms with Crippen LogP contribution in [0.2, 0.25) is 0 Å². The summed E-state index contributed by atoms with van der Waals surface area (Å²) >= 11 is 0. The zero-order valence-electron chi connectivity index (χ0n) is 18.6. The van der Waals surface area contributed by atoms with Crippen LogP contribution in [0, 0.1) is 0 Å². The van der Waals surface area contributed by atoms with Crippen molar-refractivity contribution in [1.29, 1.82) is 0 Å². The summed E-state index contributed by atoms with van der Waals surface area (Å²) in [5.74, 6) is -0.420. The fraction of sp³-hybridized carbons (Fsp3) is 0.348. The number of Topliss-reactive ketones (excluding diaryl/α,β-unsaturated/α-hetero) is 1. The molecule has 1 aromatic rings. The number of carbonyl (C=O) groups excluding carboxylic acids is 3. The van der Waals surface area contributed by atoms with E-state index in [0.29, 0.717) is 35.6 Å². The average molecular weight is 440 g/mol. The van der Waals surface area contributed by atoms with Crippen LogP contribution in [0.4, 0.5) is 5.69 Å². The van der Waals surface area contributed by atoms with Gasteiger partial charge in [0.15, 0.2) is 11.5 Å². The highest BCUT2D eigenvalue weighted by atomic mass is 16.6. The minimum atomic E-state index is -0.197. The van der Waals surface area contributed by atoms with Gasteiger partial charge in [0.1, 0.15) is 7.11 Å². The quantitative estimate of drug-likeness (QED) is 0.292. The van der Waals surface area contributed by atoms with Gasteiger partial charge in [0.25, 0.3) is 5.91 Å². The lowest BCUT2D eigenvalue weighted by atomic mass is 9.97. The van der Waals surface area contributed by atoms with Crippen LogP contribution >= 0.6 is 0 Å². The predicted octanol–water partition coefficient (Wildman–Crippen LogP) is 2.17. The summed E-state index contributed by atoms with van der Waals surface area (Å²) in [5.41, 5.74) is 8.30. The smallest absolute Gasteiger partial charge is 0.251 e. The van der Waals surface area contributed by atoms with Crippen molar-refractivity contribution in [3.8, 4) is 0 Å². The van der Waals surface area contributed by atoms with E-state index in [2.05, 4.69) is 20.8 Å². The molecule has 0 aliphatic heterocycles. The molecule has 1 aliphatic rings. The second-order valence-electron chi connectivity index (χ2n) is 7.19. The van der Waals surface area contributed by atoms with Crippen LogP contribution in [-0.2, 0) is 14.4 Å². The summed E-state index contributed by atoms with van der Waals surface area (Å²) in [4.78, 5) is 44.4. The van der Waals surface area contributed by atoms with Gasteiger partial charge in [-0.2, -0.15) is 0 Å². The maximum Gasteiger partial charge on any atom is 0.251 e. The summed E-state index contributed by atoms with van der Waals surface area (Å²) in [6.45, 7) is 4.09. The van der Waals surface area contributed by atoms with Crippen molar-refractivity contribution in [1.82, 2.24) is 10.6 Å². The molecule has 4 N–H and O–H groups in total. The van der Waals surface area contributed by atoms with Crippen molar-refractivity contribution in [3.63, 3.8) is 0 Å². The molecule has 9 heteroatoms. The summed E-state index contributed by atoms with van der Waals surface area (Å²) in [5, 5.41) is 9.54. The lowest BCUT2D eigenvalue weighted by molar-refractivity contribution is -0.119. The number of nitrogens with two attached hydrogens (primary N) is 1. The highest BCUT2D eigenvalue weighted by Crippen LogP contribution is 2.19. The van der Waals surface area contributed by atoms with Gasteiger partial charge >= 0.3 is 0 Å². The number of nitrogens with one attached hydrogen (secondary N) is 2. The molecule has 1 aliphatic carbocycles. The standard InChI is InChI=1S/C23H29N5O4/c1-15(29)19-10-11-20(22(21(19)24)28-32-3)27-18-9-7-8-17(14-18)23(31)26-13-6-4-5-12-25-16(2)30/h7-11,14H,4-6,12-13,24H2,1-3H3,(H,25,30)(H,26,31)/b27-20?,28-22-. The number of unbranched alkanes of at least 4 members (excludes halogenated alkanes) is 2. The monoisotopic (exact) mass is 439 g/mol. The van der Waals surface area contributed by atoms with E-state index in [9.17, 15) is 14.4 Å². The maximum atomic E-state index is 12.5. The van der Waals surface area contributed by atoms with E-state index in [1.54, 1.807) is 36.4 Å². The third kappa shape index (κ3) is 7.19. The molecule has 0 spiro atoms. The minimum absolute atomic E-state index is 0.0379. The highest BCUT2D eigenvalue weighted by Gasteiger charge is 2.21. The molecule has 9 nitrogen and oxygen atoms in total. The van der Waals surface area contributed by atoms with E-state index < -0.39 is 0 Å². The Hall–Kier alpha value is -3.75. The van der Waals surface area contributed by atoms with Gasteiger partial charge in [0.05, 0.1) is 17.1 Å². The van der Waals surface area contributed by atoms with Gasteiger partial charge in [-0.1, -0.05) is 11.2 Å². The molecule has 2 rings (SSSR count). The van der Waals surface area contributed by atoms with Crippen LogP contribution in [0.1, 0.15) is 43.5 Å². The molecule has 0 fully saturated rings. The number of nitrogens with zero attached hydrogens (tertiary/aromatic N) is 2. The Bertz CT molecular complexity index is 992. The molecule has 0 unspecified atom stereocenters. The molecule has 0 aromatic heterocycles. The SMILES string of the molecule is CO/N=C1/C(=Nc2cccc(C(=O)NCCCCCNC(C)=O)c2)C=CC(C(C)=O)=C1N. The number of hydrogen-bond acceptors (Lipinski definition) is 7. The Balaban J connectivity index is 2.03. The third-order valence-corrected chi connectivity index (χ3v) is 4.63. The number of oxime groups is 1. The summed E-state index contributed by atoms with van der Waals surface area (Å²) < 4.78 is 0. The van der Waals surface area contributed by atoms with E-state index in [0.717, 1.165) is 19.3 Å². The van der Waals surface area contributed by atoms with Crippen molar-refractivity contribution in [2.45, 2.75) is 33.1 Å². The first-order valence-corrected chi connectivity index (χ1v) is 10.4. The fourth-order valence-electron chi connectivity index (χ4n) is 3.03. The van der Waals surface area contributed by atoms with Gasteiger partial charge in [-0.15, -0.1) is 0 Å². The molecule has 0 heterocycles. The number of hydrogen-bond donors (Lipinski definition) is 3. The Morgan fingerprint density at radius 3 is 2.41 bits per heavy atom. The predicted molar refractivity (Wildman–Crippen MR) is 124 cm³/mol. The summed E-state index contributed by atoms with van der Waals surface area (Å²) in [6, 6.07) is 6.86.